The number of carbonyl (C=O) groups is 1. The molecule has 0 aliphatic rings. The summed E-state index contributed by atoms with van der Waals surface area (Å²) in [6.07, 6.45) is 0. The normalized spacial score (nSPS) is 9.82. The predicted octanol–water partition coefficient (Wildman–Crippen LogP) is 0.448. The van der Waals surface area contributed by atoms with Crippen molar-refractivity contribution in [3.8, 4) is 11.3 Å². The average Bonchev–Trinajstić information content (AvgIpc) is 3.00. The van der Waals surface area contributed by atoms with Crippen LogP contribution in [0.3, 0.4) is 0 Å². The van der Waals surface area contributed by atoms with Gasteiger partial charge in [-0.2, -0.15) is 0 Å². The quantitative estimate of drug-likeness (QED) is 0.477. The van der Waals surface area contributed by atoms with Crippen LogP contribution < -0.4 is 11.1 Å². The van der Waals surface area contributed by atoms with Crippen molar-refractivity contribution < 1.29 is 4.79 Å². The van der Waals surface area contributed by atoms with E-state index >= 15 is 0 Å². The van der Waals surface area contributed by atoms with Crippen molar-refractivity contribution in [2.24, 2.45) is 0 Å². The van der Waals surface area contributed by atoms with E-state index in [0.29, 0.717) is 11.4 Å². The molecule has 0 saturated heterocycles. The molecule has 0 bridgehead atoms. The Morgan fingerprint density at radius 1 is 1.18 bits per heavy atom. The minimum absolute atomic E-state index is 0. The fourth-order valence-electron chi connectivity index (χ4n) is 1.80. The third-order valence-corrected chi connectivity index (χ3v) is 2.74. The number of nitrogens with zero attached hydrogens (tertiary/aromatic N) is 4. The van der Waals surface area contributed by atoms with E-state index in [0.717, 1.165) is 5.56 Å². The number of amides is 1. The van der Waals surface area contributed by atoms with Crippen LogP contribution in [-0.2, 0) is 0 Å². The van der Waals surface area contributed by atoms with E-state index in [2.05, 4.69) is 30.9 Å². The molecule has 8 nitrogen and oxygen atoms in total. The zero-order valence-electron chi connectivity index (χ0n) is 10.8. The molecule has 0 radical (unpaired) electrons. The van der Waals surface area contributed by atoms with Crippen LogP contribution in [0.2, 0.25) is 0 Å². The Bertz CT molecular complexity index is 776. The van der Waals surface area contributed by atoms with Crippen molar-refractivity contribution in [2.75, 3.05) is 11.1 Å². The standard InChI is InChI=1S/C13H11N7O.Na.H/c14-9-4-1-3-8(7-9)10-5-2-6-11(15-10)12(21)16-13-17-19-20-18-13;;/h1-7H,14H2,(H2,16,17,18,19,20,21);;. The van der Waals surface area contributed by atoms with Crippen molar-refractivity contribution >= 4 is 47.1 Å². The van der Waals surface area contributed by atoms with Crippen LogP contribution in [0.1, 0.15) is 10.5 Å². The molecule has 2 heterocycles. The summed E-state index contributed by atoms with van der Waals surface area (Å²) in [5, 5.41) is 15.3. The molecule has 0 saturated carbocycles. The van der Waals surface area contributed by atoms with Crippen LogP contribution in [0.15, 0.2) is 42.5 Å². The van der Waals surface area contributed by atoms with Crippen molar-refractivity contribution in [1.82, 2.24) is 25.6 Å². The van der Waals surface area contributed by atoms with Crippen LogP contribution >= 0.6 is 0 Å². The second-order valence-corrected chi connectivity index (χ2v) is 4.24. The Balaban J connectivity index is 0.00000176. The molecule has 22 heavy (non-hydrogen) atoms. The molecule has 4 N–H and O–H groups in total. The number of benzene rings is 1. The number of nitrogens with one attached hydrogen (secondary N) is 2. The van der Waals surface area contributed by atoms with E-state index < -0.39 is 5.91 Å². The molecular weight excluding hydrogens is 293 g/mol. The number of aromatic amines is 1. The predicted molar refractivity (Wildman–Crippen MR) is 83.4 cm³/mol. The van der Waals surface area contributed by atoms with Gasteiger partial charge in [0.2, 0.25) is 5.95 Å². The molecule has 9 heteroatoms. The van der Waals surface area contributed by atoms with E-state index in [4.69, 9.17) is 5.73 Å². The number of rotatable bonds is 3. The number of nitrogens with two attached hydrogens (primary N) is 1. The van der Waals surface area contributed by atoms with E-state index in [1.807, 2.05) is 18.2 Å². The summed E-state index contributed by atoms with van der Waals surface area (Å²) in [5.74, 6) is -0.240. The van der Waals surface area contributed by atoms with E-state index in [-0.39, 0.29) is 41.2 Å². The number of aromatic nitrogens is 5. The molecule has 2 aromatic heterocycles. The second kappa shape index (κ2) is 7.12. The van der Waals surface area contributed by atoms with Crippen LogP contribution in [0, 0.1) is 0 Å². The van der Waals surface area contributed by atoms with E-state index in [9.17, 15) is 4.79 Å². The van der Waals surface area contributed by atoms with Crippen LogP contribution in [0.5, 0.6) is 0 Å². The molecule has 0 aliphatic heterocycles. The number of tetrazole rings is 1. The molecule has 0 aliphatic carbocycles. The summed E-state index contributed by atoms with van der Waals surface area (Å²) < 4.78 is 0. The van der Waals surface area contributed by atoms with Gasteiger partial charge in [0.25, 0.3) is 5.91 Å². The molecule has 0 fully saturated rings. The second-order valence-electron chi connectivity index (χ2n) is 4.24. The molecule has 3 rings (SSSR count). The maximum absolute atomic E-state index is 12.0. The van der Waals surface area contributed by atoms with Gasteiger partial charge in [0, 0.05) is 11.3 Å². The van der Waals surface area contributed by atoms with Gasteiger partial charge in [-0.1, -0.05) is 23.3 Å². The summed E-state index contributed by atoms with van der Waals surface area (Å²) in [4.78, 5) is 16.4. The first kappa shape index (κ1) is 16.1. The van der Waals surface area contributed by atoms with Gasteiger partial charge in [0.15, 0.2) is 0 Å². The summed E-state index contributed by atoms with van der Waals surface area (Å²) in [5.41, 5.74) is 8.14. The fraction of sp³-hybridized carbons (Fsp3) is 0. The number of anilines is 2. The van der Waals surface area contributed by atoms with E-state index in [1.165, 1.54) is 0 Å². The molecule has 0 spiro atoms. The Morgan fingerprint density at radius 2 is 2.00 bits per heavy atom. The zero-order valence-corrected chi connectivity index (χ0v) is 10.8. The fourth-order valence-corrected chi connectivity index (χ4v) is 1.80. The Labute approximate surface area is 147 Å². The molecule has 0 atom stereocenters. The first-order valence-corrected chi connectivity index (χ1v) is 6.10. The number of pyridine rings is 1. The average molecular weight is 305 g/mol. The number of H-pyrrole nitrogens is 1. The molecular formula is C13H12N7NaO. The molecule has 106 valence electrons. The zero-order chi connectivity index (χ0) is 14.7. The Hall–Kier alpha value is -2.29. The van der Waals surface area contributed by atoms with Crippen molar-refractivity contribution in [2.45, 2.75) is 0 Å². The van der Waals surface area contributed by atoms with Gasteiger partial charge in [-0.25, -0.2) is 10.1 Å². The van der Waals surface area contributed by atoms with E-state index in [1.54, 1.807) is 24.3 Å². The van der Waals surface area contributed by atoms with Crippen molar-refractivity contribution in [1.29, 1.82) is 0 Å². The molecule has 1 amide bonds. The SMILES string of the molecule is Nc1cccc(-c2cccc(C(=O)Nc3nnn[nH]3)n2)c1.[NaH]. The number of hydrogen-bond acceptors (Lipinski definition) is 6. The summed E-state index contributed by atoms with van der Waals surface area (Å²) >= 11 is 0. The van der Waals surface area contributed by atoms with Gasteiger partial charge in [-0.15, -0.1) is 0 Å². The molecule has 0 unspecified atom stereocenters. The number of hydrogen-bond donors (Lipinski definition) is 3. The van der Waals surface area contributed by atoms with Crippen LogP contribution in [-0.4, -0.2) is 61.1 Å². The van der Waals surface area contributed by atoms with Gasteiger partial charge in [0.05, 0.1) is 5.69 Å². The number of carbonyl (C=O) groups excluding carboxylic acids is 1. The van der Waals surface area contributed by atoms with Gasteiger partial charge in [0.1, 0.15) is 5.69 Å². The topological polar surface area (TPSA) is 122 Å². The van der Waals surface area contributed by atoms with Gasteiger partial charge < -0.3 is 5.73 Å². The number of nitrogen functional groups attached to an aromatic ring is 1. The first-order valence-electron chi connectivity index (χ1n) is 6.10. The van der Waals surface area contributed by atoms with Gasteiger partial charge >= 0.3 is 29.6 Å². The third-order valence-electron chi connectivity index (χ3n) is 2.74. The maximum atomic E-state index is 12.0. The van der Waals surface area contributed by atoms with Crippen molar-refractivity contribution in [3.63, 3.8) is 0 Å². The van der Waals surface area contributed by atoms with Crippen LogP contribution in [0.25, 0.3) is 11.3 Å². The van der Waals surface area contributed by atoms with Crippen molar-refractivity contribution in [3.05, 3.63) is 48.2 Å². The molecule has 3 aromatic rings. The van der Waals surface area contributed by atoms with Gasteiger partial charge in [-0.3, -0.25) is 10.1 Å². The van der Waals surface area contributed by atoms with Crippen LogP contribution in [0.4, 0.5) is 11.6 Å². The summed E-state index contributed by atoms with van der Waals surface area (Å²) in [6, 6.07) is 12.5. The Kier molecular flexibility index (Phi) is 5.21. The van der Waals surface area contributed by atoms with Gasteiger partial charge in [-0.05, 0) is 34.7 Å². The monoisotopic (exact) mass is 305 g/mol. The molecule has 1 aromatic carbocycles. The summed E-state index contributed by atoms with van der Waals surface area (Å²) in [6.45, 7) is 0. The Morgan fingerprint density at radius 3 is 2.73 bits per heavy atom. The third kappa shape index (κ3) is 3.67. The summed E-state index contributed by atoms with van der Waals surface area (Å²) in [7, 11) is 0. The first-order chi connectivity index (χ1) is 10.2. The minimum atomic E-state index is -0.403.